The molecule has 0 aromatic carbocycles. The number of carbonyl (C=O) groups is 1. The lowest BCUT2D eigenvalue weighted by Gasteiger charge is -2.04. The monoisotopic (exact) mass is 235 g/mol. The van der Waals surface area contributed by atoms with Gasteiger partial charge in [0.25, 0.3) is 5.91 Å². The van der Waals surface area contributed by atoms with Crippen molar-refractivity contribution in [3.63, 3.8) is 0 Å². The molecule has 0 unspecified atom stereocenters. The van der Waals surface area contributed by atoms with Crippen LogP contribution in [-0.4, -0.2) is 30.9 Å². The van der Waals surface area contributed by atoms with Crippen LogP contribution >= 0.6 is 0 Å². The summed E-state index contributed by atoms with van der Waals surface area (Å²) in [5.74, 6) is 0.708. The molecule has 17 heavy (non-hydrogen) atoms. The van der Waals surface area contributed by atoms with Crippen LogP contribution in [0.4, 0.5) is 5.82 Å². The lowest BCUT2D eigenvalue weighted by atomic mass is 10.4. The summed E-state index contributed by atoms with van der Waals surface area (Å²) in [5.41, 5.74) is 5.73. The highest BCUT2D eigenvalue weighted by Gasteiger charge is 2.10. The number of rotatable bonds is 4. The number of aromatic amines is 1. The molecule has 0 aliphatic carbocycles. The van der Waals surface area contributed by atoms with E-state index in [2.05, 4.69) is 25.7 Å². The van der Waals surface area contributed by atoms with Crippen molar-refractivity contribution in [2.45, 2.75) is 20.0 Å². The maximum atomic E-state index is 11.7. The molecule has 2 rings (SSSR count). The van der Waals surface area contributed by atoms with E-state index in [9.17, 15) is 4.79 Å². The van der Waals surface area contributed by atoms with Gasteiger partial charge in [0.1, 0.15) is 17.8 Å². The van der Waals surface area contributed by atoms with Crippen LogP contribution in [0.3, 0.4) is 0 Å². The van der Waals surface area contributed by atoms with Crippen LogP contribution in [0.5, 0.6) is 0 Å². The van der Waals surface area contributed by atoms with Crippen molar-refractivity contribution in [3.8, 4) is 0 Å². The number of H-pyrrole nitrogens is 1. The zero-order chi connectivity index (χ0) is 12.3. The third-order valence-electron chi connectivity index (χ3n) is 2.29. The topological polar surface area (TPSA) is 115 Å². The van der Waals surface area contributed by atoms with Crippen LogP contribution in [0, 0.1) is 0 Å². The number of nitrogens with two attached hydrogens (primary N) is 1. The molecule has 0 aliphatic heterocycles. The molecule has 90 valence electrons. The summed E-state index contributed by atoms with van der Waals surface area (Å²) in [6.07, 6.45) is 1.62. The maximum Gasteiger partial charge on any atom is 0.269 e. The zero-order valence-electron chi connectivity index (χ0n) is 9.34. The molecule has 0 fully saturated rings. The van der Waals surface area contributed by atoms with E-state index in [1.807, 2.05) is 11.5 Å². The summed E-state index contributed by atoms with van der Waals surface area (Å²) in [7, 11) is 0. The fourth-order valence-electron chi connectivity index (χ4n) is 1.39. The van der Waals surface area contributed by atoms with Gasteiger partial charge in [-0.15, -0.1) is 10.2 Å². The number of aryl methyl sites for hydroxylation is 1. The van der Waals surface area contributed by atoms with Crippen molar-refractivity contribution < 1.29 is 4.79 Å². The first-order valence-electron chi connectivity index (χ1n) is 5.16. The van der Waals surface area contributed by atoms with Gasteiger partial charge < -0.3 is 15.6 Å². The van der Waals surface area contributed by atoms with Crippen LogP contribution in [-0.2, 0) is 13.1 Å². The number of nitrogens with one attached hydrogen (secondary N) is 2. The van der Waals surface area contributed by atoms with Gasteiger partial charge in [-0.3, -0.25) is 9.89 Å². The molecular formula is C9H13N7O. The Bertz CT molecular complexity index is 515. The minimum absolute atomic E-state index is 0.278. The first kappa shape index (κ1) is 11.1. The van der Waals surface area contributed by atoms with Crippen molar-refractivity contribution in [1.82, 2.24) is 30.3 Å². The Balaban J connectivity index is 1.97. The van der Waals surface area contributed by atoms with Crippen molar-refractivity contribution in [2.75, 3.05) is 5.73 Å². The van der Waals surface area contributed by atoms with Crippen LogP contribution in [0.15, 0.2) is 12.4 Å². The summed E-state index contributed by atoms with van der Waals surface area (Å²) < 4.78 is 1.85. The number of carbonyl (C=O) groups excluding carboxylic acids is 1. The SMILES string of the molecule is CCn1cnnc1CNC(=O)c1cc(N)n[nH]1. The minimum Gasteiger partial charge on any atom is -0.382 e. The molecule has 0 aliphatic rings. The second-order valence-electron chi connectivity index (χ2n) is 3.42. The van der Waals surface area contributed by atoms with Crippen LogP contribution < -0.4 is 11.1 Å². The summed E-state index contributed by atoms with van der Waals surface area (Å²) in [4.78, 5) is 11.7. The van der Waals surface area contributed by atoms with E-state index in [1.165, 1.54) is 6.07 Å². The Morgan fingerprint density at radius 2 is 2.47 bits per heavy atom. The highest BCUT2D eigenvalue weighted by Crippen LogP contribution is 2.01. The van der Waals surface area contributed by atoms with Crippen LogP contribution in [0.1, 0.15) is 23.2 Å². The van der Waals surface area contributed by atoms with Crippen LogP contribution in [0.25, 0.3) is 0 Å². The molecule has 0 atom stereocenters. The van der Waals surface area contributed by atoms with Gasteiger partial charge in [-0.05, 0) is 6.92 Å². The zero-order valence-corrected chi connectivity index (χ0v) is 9.34. The summed E-state index contributed by atoms with van der Waals surface area (Å²) in [6, 6.07) is 1.47. The Morgan fingerprint density at radius 3 is 3.12 bits per heavy atom. The molecule has 8 nitrogen and oxygen atoms in total. The summed E-state index contributed by atoms with van der Waals surface area (Å²) in [5, 5.41) is 16.6. The average Bonchev–Trinajstić information content (AvgIpc) is 2.94. The second kappa shape index (κ2) is 4.64. The first-order chi connectivity index (χ1) is 8.20. The van der Waals surface area contributed by atoms with Crippen molar-refractivity contribution in [2.24, 2.45) is 0 Å². The number of nitrogen functional groups attached to an aromatic ring is 1. The molecule has 2 heterocycles. The van der Waals surface area contributed by atoms with E-state index in [0.29, 0.717) is 18.1 Å². The minimum atomic E-state index is -0.278. The number of hydrogen-bond donors (Lipinski definition) is 3. The van der Waals surface area contributed by atoms with Gasteiger partial charge in [-0.2, -0.15) is 5.10 Å². The lowest BCUT2D eigenvalue weighted by Crippen LogP contribution is -2.25. The predicted octanol–water partition coefficient (Wildman–Crippen LogP) is -0.467. The molecule has 0 spiro atoms. The highest BCUT2D eigenvalue weighted by atomic mass is 16.1. The lowest BCUT2D eigenvalue weighted by molar-refractivity contribution is 0.0944. The molecular weight excluding hydrogens is 222 g/mol. The van der Waals surface area contributed by atoms with Crippen LogP contribution in [0.2, 0.25) is 0 Å². The summed E-state index contributed by atoms with van der Waals surface area (Å²) in [6.45, 7) is 3.05. The van der Waals surface area contributed by atoms with Crippen molar-refractivity contribution in [1.29, 1.82) is 0 Å². The van der Waals surface area contributed by atoms with Gasteiger partial charge in [-0.1, -0.05) is 0 Å². The maximum absolute atomic E-state index is 11.7. The standard InChI is InChI=1S/C9H13N7O/c1-2-16-5-12-15-8(16)4-11-9(17)6-3-7(10)14-13-6/h3,5H,2,4H2,1H3,(H,11,17)(H3,10,13,14). The van der Waals surface area contributed by atoms with Gasteiger partial charge >= 0.3 is 0 Å². The molecule has 0 bridgehead atoms. The molecule has 0 saturated carbocycles. The van der Waals surface area contributed by atoms with Gasteiger partial charge in [0, 0.05) is 12.6 Å². The Hall–Kier alpha value is -2.38. The fourth-order valence-corrected chi connectivity index (χ4v) is 1.39. The third-order valence-corrected chi connectivity index (χ3v) is 2.29. The number of amides is 1. The van der Waals surface area contributed by atoms with E-state index < -0.39 is 0 Å². The van der Waals surface area contributed by atoms with E-state index in [4.69, 9.17) is 5.73 Å². The smallest absolute Gasteiger partial charge is 0.269 e. The fraction of sp³-hybridized carbons (Fsp3) is 0.333. The Labute approximate surface area is 97.2 Å². The Morgan fingerprint density at radius 1 is 1.65 bits per heavy atom. The van der Waals surface area contributed by atoms with E-state index in [-0.39, 0.29) is 11.7 Å². The highest BCUT2D eigenvalue weighted by molar-refractivity contribution is 5.92. The molecule has 2 aromatic rings. The summed E-state index contributed by atoms with van der Waals surface area (Å²) >= 11 is 0. The van der Waals surface area contributed by atoms with Gasteiger partial charge in [-0.25, -0.2) is 0 Å². The third kappa shape index (κ3) is 2.41. The van der Waals surface area contributed by atoms with Gasteiger partial charge in [0.05, 0.1) is 6.54 Å². The van der Waals surface area contributed by atoms with Gasteiger partial charge in [0.15, 0.2) is 5.82 Å². The molecule has 4 N–H and O–H groups in total. The van der Waals surface area contributed by atoms with Crippen molar-refractivity contribution in [3.05, 3.63) is 23.9 Å². The normalized spacial score (nSPS) is 10.4. The predicted molar refractivity (Wildman–Crippen MR) is 59.9 cm³/mol. The largest absolute Gasteiger partial charge is 0.382 e. The second-order valence-corrected chi connectivity index (χ2v) is 3.42. The first-order valence-corrected chi connectivity index (χ1v) is 5.16. The molecule has 0 saturated heterocycles. The molecule has 2 aromatic heterocycles. The van der Waals surface area contributed by atoms with Crippen molar-refractivity contribution >= 4 is 11.7 Å². The average molecular weight is 235 g/mol. The molecule has 8 heteroatoms. The number of hydrogen-bond acceptors (Lipinski definition) is 5. The quantitative estimate of drug-likeness (QED) is 0.663. The van der Waals surface area contributed by atoms with E-state index in [1.54, 1.807) is 6.33 Å². The molecule has 1 amide bonds. The molecule has 0 radical (unpaired) electrons. The number of anilines is 1. The van der Waals surface area contributed by atoms with Gasteiger partial charge in [0.2, 0.25) is 0 Å². The Kier molecular flexibility index (Phi) is 3.03. The number of aromatic nitrogens is 5. The van der Waals surface area contributed by atoms with E-state index >= 15 is 0 Å². The van der Waals surface area contributed by atoms with E-state index in [0.717, 1.165) is 6.54 Å². The number of nitrogens with zero attached hydrogens (tertiary/aromatic N) is 4.